The van der Waals surface area contributed by atoms with Gasteiger partial charge < -0.3 is 8.83 Å². The molecular formula is C40H22O2S. The van der Waals surface area contributed by atoms with E-state index in [0.29, 0.717) is 0 Å². The Morgan fingerprint density at radius 1 is 0.442 bits per heavy atom. The van der Waals surface area contributed by atoms with Crippen molar-refractivity contribution < 1.29 is 8.83 Å². The molecule has 200 valence electrons. The molecule has 0 spiro atoms. The van der Waals surface area contributed by atoms with Crippen molar-refractivity contribution >= 4 is 86.0 Å². The highest BCUT2D eigenvalue weighted by molar-refractivity contribution is 7.25. The van der Waals surface area contributed by atoms with Crippen LogP contribution in [0, 0.1) is 0 Å². The maximum absolute atomic E-state index is 6.42. The van der Waals surface area contributed by atoms with E-state index in [1.54, 1.807) is 6.26 Å². The lowest BCUT2D eigenvalue weighted by Crippen LogP contribution is -1.90. The van der Waals surface area contributed by atoms with Crippen LogP contribution in [0.5, 0.6) is 0 Å². The smallest absolute Gasteiger partial charge is 0.145 e. The molecule has 0 fully saturated rings. The van der Waals surface area contributed by atoms with E-state index in [1.165, 1.54) is 58.4 Å². The van der Waals surface area contributed by atoms with Crippen molar-refractivity contribution in [3.63, 3.8) is 0 Å². The Hall–Kier alpha value is -5.38. The number of hydrogen-bond donors (Lipinski definition) is 0. The lowest BCUT2D eigenvalue weighted by atomic mass is 9.85. The fourth-order valence-corrected chi connectivity index (χ4v) is 8.22. The van der Waals surface area contributed by atoms with E-state index in [1.807, 2.05) is 23.5 Å². The number of hydrogen-bond acceptors (Lipinski definition) is 3. The largest absolute Gasteiger partial charge is 0.464 e. The summed E-state index contributed by atoms with van der Waals surface area (Å²) in [5.41, 5.74) is 7.47. The van der Waals surface area contributed by atoms with Crippen LogP contribution in [0.25, 0.3) is 96.9 Å². The van der Waals surface area contributed by atoms with E-state index >= 15 is 0 Å². The molecule has 0 N–H and O–H groups in total. The molecule has 0 atom stereocenters. The summed E-state index contributed by atoms with van der Waals surface area (Å²) in [6.07, 6.45) is 1.75. The minimum atomic E-state index is 0.844. The summed E-state index contributed by atoms with van der Waals surface area (Å²) in [5.74, 6) is 0. The van der Waals surface area contributed by atoms with Crippen LogP contribution in [0.1, 0.15) is 0 Å². The van der Waals surface area contributed by atoms with E-state index in [4.69, 9.17) is 8.83 Å². The van der Waals surface area contributed by atoms with Gasteiger partial charge in [0.25, 0.3) is 0 Å². The Balaban J connectivity index is 1.26. The standard InChI is InChI=1S/C40H22O2S/c1-3-10-30-28(8-1)37(24-14-17-32-34(21-24)42-33-18-15-23-19-20-41-40(23)39(32)33)29-9-2-4-11-31(29)38(30)25-13-16-27-26-7-5-6-12-35(26)43-36(27)22-25/h1-22H. The van der Waals surface area contributed by atoms with Crippen LogP contribution in [-0.2, 0) is 0 Å². The maximum atomic E-state index is 6.42. The first-order valence-electron chi connectivity index (χ1n) is 14.5. The Bertz CT molecular complexity index is 2680. The van der Waals surface area contributed by atoms with Crippen LogP contribution in [0.2, 0.25) is 0 Å². The second-order valence-corrected chi connectivity index (χ2v) is 12.3. The fraction of sp³-hybridized carbons (Fsp3) is 0. The molecule has 2 nitrogen and oxygen atoms in total. The molecule has 43 heavy (non-hydrogen) atoms. The summed E-state index contributed by atoms with van der Waals surface area (Å²) in [7, 11) is 0. The molecular weight excluding hydrogens is 545 g/mol. The first-order valence-corrected chi connectivity index (χ1v) is 15.3. The second-order valence-electron chi connectivity index (χ2n) is 11.2. The average molecular weight is 567 g/mol. The van der Waals surface area contributed by atoms with E-state index < -0.39 is 0 Å². The van der Waals surface area contributed by atoms with Crippen molar-refractivity contribution in [3.8, 4) is 22.3 Å². The zero-order valence-electron chi connectivity index (χ0n) is 22.9. The van der Waals surface area contributed by atoms with E-state index in [9.17, 15) is 0 Å². The fourth-order valence-electron chi connectivity index (χ4n) is 7.07. The summed E-state index contributed by atoms with van der Waals surface area (Å²) in [6, 6.07) is 46.0. The normalized spacial score (nSPS) is 12.2. The predicted octanol–water partition coefficient (Wildman–Crippen LogP) is 12.3. The molecule has 0 aliphatic rings. The van der Waals surface area contributed by atoms with Crippen molar-refractivity contribution in [1.82, 2.24) is 0 Å². The van der Waals surface area contributed by atoms with Crippen LogP contribution in [-0.4, -0.2) is 0 Å². The minimum absolute atomic E-state index is 0.844. The lowest BCUT2D eigenvalue weighted by Gasteiger charge is -2.17. The van der Waals surface area contributed by atoms with Gasteiger partial charge in [-0.2, -0.15) is 0 Å². The lowest BCUT2D eigenvalue weighted by molar-refractivity contribution is 0.618. The molecule has 0 unspecified atom stereocenters. The van der Waals surface area contributed by atoms with Gasteiger partial charge in [-0.1, -0.05) is 84.9 Å². The van der Waals surface area contributed by atoms with Crippen molar-refractivity contribution in [3.05, 3.63) is 134 Å². The van der Waals surface area contributed by atoms with Crippen LogP contribution in [0.4, 0.5) is 0 Å². The quantitative estimate of drug-likeness (QED) is 0.195. The Kier molecular flexibility index (Phi) is 4.63. The zero-order valence-corrected chi connectivity index (χ0v) is 23.7. The number of rotatable bonds is 2. The number of thiophene rings is 1. The molecule has 0 radical (unpaired) electrons. The second kappa shape index (κ2) is 8.57. The van der Waals surface area contributed by atoms with E-state index in [-0.39, 0.29) is 0 Å². The molecule has 0 aliphatic heterocycles. The summed E-state index contributed by atoms with van der Waals surface area (Å²) in [4.78, 5) is 0. The van der Waals surface area contributed by atoms with Crippen LogP contribution in [0.3, 0.4) is 0 Å². The van der Waals surface area contributed by atoms with Gasteiger partial charge in [0.1, 0.15) is 16.7 Å². The van der Waals surface area contributed by atoms with Gasteiger partial charge >= 0.3 is 0 Å². The van der Waals surface area contributed by atoms with E-state index in [2.05, 4.69) is 115 Å². The first-order chi connectivity index (χ1) is 21.3. The summed E-state index contributed by atoms with van der Waals surface area (Å²) < 4.78 is 14.9. The Morgan fingerprint density at radius 3 is 1.77 bits per heavy atom. The highest BCUT2D eigenvalue weighted by atomic mass is 32.1. The monoisotopic (exact) mass is 566 g/mol. The van der Waals surface area contributed by atoms with Crippen molar-refractivity contribution in [2.45, 2.75) is 0 Å². The number of fused-ring (bicyclic) bond motifs is 10. The van der Waals surface area contributed by atoms with Crippen LogP contribution < -0.4 is 0 Å². The number of furan rings is 2. The van der Waals surface area contributed by atoms with Gasteiger partial charge in [-0.05, 0) is 86.3 Å². The van der Waals surface area contributed by atoms with Gasteiger partial charge in [-0.15, -0.1) is 11.3 Å². The van der Waals surface area contributed by atoms with Gasteiger partial charge in [0.15, 0.2) is 0 Å². The SMILES string of the molecule is c1ccc2c(c1)sc1cc(-c3c4ccccc4c(-c4ccc5c(c4)oc4ccc6ccoc6c45)c4ccccc34)ccc12. The molecule has 7 aromatic carbocycles. The van der Waals surface area contributed by atoms with Crippen LogP contribution in [0.15, 0.2) is 142 Å². The third-order valence-corrected chi connectivity index (χ3v) is 10.1. The minimum Gasteiger partial charge on any atom is -0.464 e. The van der Waals surface area contributed by atoms with Crippen molar-refractivity contribution in [1.29, 1.82) is 0 Å². The third kappa shape index (κ3) is 3.23. The van der Waals surface area contributed by atoms with Crippen LogP contribution >= 0.6 is 11.3 Å². The topological polar surface area (TPSA) is 26.3 Å². The summed E-state index contributed by atoms with van der Waals surface area (Å²) in [5, 5.41) is 10.8. The molecule has 0 saturated heterocycles. The Labute approximate surface area is 250 Å². The maximum Gasteiger partial charge on any atom is 0.145 e. The van der Waals surface area contributed by atoms with Crippen molar-refractivity contribution in [2.75, 3.05) is 0 Å². The number of benzene rings is 7. The average Bonchev–Trinajstić information content (AvgIpc) is 3.77. The molecule has 0 amide bonds. The summed E-state index contributed by atoms with van der Waals surface area (Å²) >= 11 is 1.87. The predicted molar refractivity (Wildman–Crippen MR) is 182 cm³/mol. The first kappa shape index (κ1) is 23.2. The highest BCUT2D eigenvalue weighted by Gasteiger charge is 2.19. The van der Waals surface area contributed by atoms with E-state index in [0.717, 1.165) is 38.5 Å². The highest BCUT2D eigenvalue weighted by Crippen LogP contribution is 2.46. The summed E-state index contributed by atoms with van der Waals surface area (Å²) in [6.45, 7) is 0. The molecule has 3 heterocycles. The Morgan fingerprint density at radius 2 is 1.05 bits per heavy atom. The van der Waals surface area contributed by atoms with Gasteiger partial charge in [-0.3, -0.25) is 0 Å². The molecule has 0 aliphatic carbocycles. The molecule has 10 rings (SSSR count). The van der Waals surface area contributed by atoms with Crippen molar-refractivity contribution in [2.24, 2.45) is 0 Å². The zero-order chi connectivity index (χ0) is 28.1. The molecule has 10 aromatic rings. The van der Waals surface area contributed by atoms with Gasteiger partial charge in [0, 0.05) is 30.9 Å². The molecule has 0 saturated carbocycles. The van der Waals surface area contributed by atoms with Gasteiger partial charge in [-0.25, -0.2) is 0 Å². The van der Waals surface area contributed by atoms with Gasteiger partial charge in [0.05, 0.1) is 11.6 Å². The third-order valence-electron chi connectivity index (χ3n) is 8.94. The molecule has 3 aromatic heterocycles. The molecule has 3 heteroatoms. The molecule has 0 bridgehead atoms. The van der Waals surface area contributed by atoms with Gasteiger partial charge in [0.2, 0.25) is 0 Å².